The molecule has 0 aliphatic carbocycles. The molecular weight excluding hydrogens is 158 g/mol. The van der Waals surface area contributed by atoms with Crippen LogP contribution in [0.25, 0.3) is 0 Å². The molecule has 0 fully saturated rings. The summed E-state index contributed by atoms with van der Waals surface area (Å²) in [5.74, 6) is 0.339. The molecule has 12 heavy (non-hydrogen) atoms. The van der Waals surface area contributed by atoms with Crippen LogP contribution in [0.4, 0.5) is 0 Å². The van der Waals surface area contributed by atoms with Gasteiger partial charge in [-0.15, -0.1) is 0 Å². The van der Waals surface area contributed by atoms with Crippen LogP contribution in [0.15, 0.2) is 24.3 Å². The number of rotatable bonds is 0. The van der Waals surface area contributed by atoms with Crippen LogP contribution in [0.5, 0.6) is 11.5 Å². The van der Waals surface area contributed by atoms with Crippen LogP contribution in [0.1, 0.15) is 6.92 Å². The third kappa shape index (κ3) is 6.85. The zero-order valence-corrected chi connectivity index (χ0v) is 6.81. The smallest absolute Gasteiger partial charge is 0.115 e. The Bertz CT molecular complexity index is 184. The van der Waals surface area contributed by atoms with Crippen molar-refractivity contribution in [3.8, 4) is 11.5 Å². The molecule has 0 amide bonds. The summed E-state index contributed by atoms with van der Waals surface area (Å²) in [5.41, 5.74) is 4.67. The number of hydrogen-bond acceptors (Lipinski definition) is 4. The van der Waals surface area contributed by atoms with Crippen molar-refractivity contribution in [2.45, 2.75) is 13.2 Å². The van der Waals surface area contributed by atoms with Crippen LogP contribution < -0.4 is 5.73 Å². The van der Waals surface area contributed by atoms with E-state index in [1.807, 2.05) is 0 Å². The number of hydrogen-bond donors (Lipinski definition) is 4. The highest BCUT2D eigenvalue weighted by atomic mass is 16.3. The zero-order valence-electron chi connectivity index (χ0n) is 6.81. The van der Waals surface area contributed by atoms with Gasteiger partial charge < -0.3 is 21.1 Å². The maximum absolute atomic E-state index is 8.65. The van der Waals surface area contributed by atoms with Crippen LogP contribution in [-0.4, -0.2) is 21.5 Å². The molecule has 0 bridgehead atoms. The van der Waals surface area contributed by atoms with Gasteiger partial charge in [-0.3, -0.25) is 0 Å². The third-order valence-electron chi connectivity index (χ3n) is 0.850. The van der Waals surface area contributed by atoms with Crippen molar-refractivity contribution in [1.82, 2.24) is 0 Å². The Morgan fingerprint density at radius 3 is 1.42 bits per heavy atom. The molecule has 1 rings (SSSR count). The summed E-state index contributed by atoms with van der Waals surface area (Å²) < 4.78 is 0. The van der Waals surface area contributed by atoms with Crippen LogP contribution in [0, 0.1) is 0 Å². The van der Waals surface area contributed by atoms with E-state index in [0.717, 1.165) is 0 Å². The minimum absolute atomic E-state index is 0.169. The van der Waals surface area contributed by atoms with Crippen LogP contribution >= 0.6 is 0 Å². The van der Waals surface area contributed by atoms with Gasteiger partial charge in [-0.1, -0.05) is 0 Å². The van der Waals surface area contributed by atoms with Crippen molar-refractivity contribution in [3.05, 3.63) is 24.3 Å². The summed E-state index contributed by atoms with van der Waals surface area (Å²) in [5, 5.41) is 25.1. The zero-order chi connectivity index (χ0) is 9.56. The van der Waals surface area contributed by atoms with Crippen molar-refractivity contribution in [3.63, 3.8) is 0 Å². The van der Waals surface area contributed by atoms with E-state index < -0.39 is 6.23 Å². The highest BCUT2D eigenvalue weighted by Crippen LogP contribution is 2.13. The molecule has 0 radical (unpaired) electrons. The molecule has 0 saturated heterocycles. The fourth-order valence-electron chi connectivity index (χ4n) is 0.453. The van der Waals surface area contributed by atoms with Gasteiger partial charge in [-0.2, -0.15) is 0 Å². The van der Waals surface area contributed by atoms with Crippen molar-refractivity contribution >= 4 is 0 Å². The Morgan fingerprint density at radius 2 is 1.25 bits per heavy atom. The van der Waals surface area contributed by atoms with Crippen molar-refractivity contribution in [2.24, 2.45) is 5.73 Å². The summed E-state index contributed by atoms with van der Waals surface area (Å²) in [6.07, 6.45) is -0.667. The van der Waals surface area contributed by atoms with Gasteiger partial charge in [0, 0.05) is 0 Å². The van der Waals surface area contributed by atoms with Gasteiger partial charge in [-0.25, -0.2) is 0 Å². The Kier molecular flexibility index (Phi) is 4.83. The highest BCUT2D eigenvalue weighted by Gasteiger charge is 1.84. The fraction of sp³-hybridized carbons (Fsp3) is 0.250. The number of benzene rings is 1. The van der Waals surface area contributed by atoms with Gasteiger partial charge in [0.2, 0.25) is 0 Å². The number of aliphatic hydroxyl groups is 1. The van der Waals surface area contributed by atoms with Gasteiger partial charge in [0.05, 0.1) is 6.23 Å². The first kappa shape index (κ1) is 10.7. The van der Waals surface area contributed by atoms with Crippen LogP contribution in [-0.2, 0) is 0 Å². The average molecular weight is 171 g/mol. The minimum Gasteiger partial charge on any atom is -0.508 e. The van der Waals surface area contributed by atoms with Gasteiger partial charge in [-0.05, 0) is 31.2 Å². The van der Waals surface area contributed by atoms with E-state index in [9.17, 15) is 0 Å². The lowest BCUT2D eigenvalue weighted by atomic mass is 10.3. The first-order valence-corrected chi connectivity index (χ1v) is 3.44. The molecule has 0 aromatic heterocycles. The van der Waals surface area contributed by atoms with Crippen molar-refractivity contribution in [1.29, 1.82) is 0 Å². The second kappa shape index (κ2) is 5.40. The first-order chi connectivity index (χ1) is 5.52. The third-order valence-corrected chi connectivity index (χ3v) is 0.850. The molecule has 1 aromatic carbocycles. The molecule has 1 aromatic rings. The van der Waals surface area contributed by atoms with Gasteiger partial charge in [0.25, 0.3) is 0 Å². The van der Waals surface area contributed by atoms with Gasteiger partial charge in [0.1, 0.15) is 11.5 Å². The molecular formula is C8H13NO3. The van der Waals surface area contributed by atoms with E-state index in [4.69, 9.17) is 15.3 Å². The molecule has 4 nitrogen and oxygen atoms in total. The summed E-state index contributed by atoms with van der Waals surface area (Å²) in [7, 11) is 0. The maximum atomic E-state index is 8.65. The van der Waals surface area contributed by atoms with Crippen molar-refractivity contribution in [2.75, 3.05) is 0 Å². The Labute approximate surface area is 70.9 Å². The Morgan fingerprint density at radius 1 is 1.08 bits per heavy atom. The van der Waals surface area contributed by atoms with Gasteiger partial charge in [0.15, 0.2) is 0 Å². The van der Waals surface area contributed by atoms with Crippen LogP contribution in [0.2, 0.25) is 0 Å². The lowest BCUT2D eigenvalue weighted by Crippen LogP contribution is -2.11. The number of phenols is 2. The van der Waals surface area contributed by atoms with Gasteiger partial charge >= 0.3 is 0 Å². The number of nitrogens with two attached hydrogens (primary N) is 1. The Hall–Kier alpha value is -1.26. The first-order valence-electron chi connectivity index (χ1n) is 3.44. The number of phenolic OH excluding ortho intramolecular Hbond substituents is 2. The van der Waals surface area contributed by atoms with Crippen LogP contribution in [0.3, 0.4) is 0 Å². The molecule has 4 heteroatoms. The quantitative estimate of drug-likeness (QED) is 0.336. The summed E-state index contributed by atoms with van der Waals surface area (Å²) in [6, 6.07) is 5.70. The molecule has 0 saturated carbocycles. The lowest BCUT2D eigenvalue weighted by molar-refractivity contribution is 0.203. The van der Waals surface area contributed by atoms with E-state index in [1.54, 1.807) is 0 Å². The normalized spacial score (nSPS) is 11.2. The maximum Gasteiger partial charge on any atom is 0.115 e. The predicted octanol–water partition coefficient (Wildman–Crippen LogP) is 0.381. The predicted molar refractivity (Wildman–Crippen MR) is 45.6 cm³/mol. The molecule has 5 N–H and O–H groups in total. The topological polar surface area (TPSA) is 86.7 Å². The van der Waals surface area contributed by atoms with E-state index in [1.165, 1.54) is 31.2 Å². The second-order valence-corrected chi connectivity index (χ2v) is 2.26. The molecule has 1 atom stereocenters. The van der Waals surface area contributed by atoms with E-state index in [-0.39, 0.29) is 11.5 Å². The van der Waals surface area contributed by atoms with E-state index >= 15 is 0 Å². The fourth-order valence-corrected chi connectivity index (χ4v) is 0.453. The lowest BCUT2D eigenvalue weighted by Gasteiger charge is -1.88. The summed E-state index contributed by atoms with van der Waals surface area (Å²) in [4.78, 5) is 0. The van der Waals surface area contributed by atoms with E-state index in [2.05, 4.69) is 5.73 Å². The Balaban J connectivity index is 0.000000261. The van der Waals surface area contributed by atoms with Crippen molar-refractivity contribution < 1.29 is 15.3 Å². The molecule has 0 aliphatic heterocycles. The second-order valence-electron chi connectivity index (χ2n) is 2.26. The molecule has 0 spiro atoms. The number of aliphatic hydroxyl groups excluding tert-OH is 1. The monoisotopic (exact) mass is 171 g/mol. The summed E-state index contributed by atoms with van der Waals surface area (Å²) in [6.45, 7) is 1.50. The molecule has 0 heterocycles. The average Bonchev–Trinajstić information content (AvgIpc) is 1.94. The highest BCUT2D eigenvalue weighted by molar-refractivity contribution is 5.28. The number of aromatic hydroxyl groups is 2. The largest absolute Gasteiger partial charge is 0.508 e. The summed E-state index contributed by atoms with van der Waals surface area (Å²) >= 11 is 0. The SMILES string of the molecule is CC(N)O.Oc1ccc(O)cc1. The molecule has 0 aliphatic rings. The minimum atomic E-state index is -0.667. The molecule has 68 valence electrons. The molecule has 1 unspecified atom stereocenters. The van der Waals surface area contributed by atoms with E-state index in [0.29, 0.717) is 0 Å². The standard InChI is InChI=1S/C6H6O2.C2H7NO/c7-5-1-2-6(8)4-3-5;1-2(3)4/h1-4,7-8H;2,4H,3H2,1H3.